The van der Waals surface area contributed by atoms with E-state index in [0.29, 0.717) is 18.4 Å². The zero-order valence-corrected chi connectivity index (χ0v) is 12.9. The molecular weight excluding hydrogens is 256 g/mol. The van der Waals surface area contributed by atoms with Crippen molar-refractivity contribution in [1.29, 1.82) is 0 Å². The smallest absolute Gasteiger partial charge is 0.317 e. The van der Waals surface area contributed by atoms with Crippen molar-refractivity contribution in [3.8, 4) is 0 Å². The molecule has 1 unspecified atom stereocenters. The lowest BCUT2D eigenvalue weighted by molar-refractivity contribution is -0.141. The first-order valence-electron chi connectivity index (χ1n) is 7.73. The molecule has 0 heterocycles. The third kappa shape index (κ3) is 5.02. The van der Waals surface area contributed by atoms with Gasteiger partial charge in [-0.3, -0.25) is 4.79 Å². The fourth-order valence-electron chi connectivity index (χ4n) is 2.73. The second-order valence-corrected chi connectivity index (χ2v) is 6.11. The molecule has 0 bridgehead atoms. The van der Waals surface area contributed by atoms with Gasteiger partial charge in [0.2, 0.25) is 0 Å². The quantitative estimate of drug-likeness (QED) is 0.755. The van der Waals surface area contributed by atoms with Crippen LogP contribution in [0.4, 0.5) is 4.79 Å². The van der Waals surface area contributed by atoms with Gasteiger partial charge in [-0.15, -0.1) is 0 Å². The van der Waals surface area contributed by atoms with E-state index in [-0.39, 0.29) is 12.6 Å². The van der Waals surface area contributed by atoms with Gasteiger partial charge in [0, 0.05) is 19.1 Å². The molecule has 20 heavy (non-hydrogen) atoms. The van der Waals surface area contributed by atoms with Crippen molar-refractivity contribution >= 4 is 12.0 Å². The summed E-state index contributed by atoms with van der Waals surface area (Å²) >= 11 is 0. The second kappa shape index (κ2) is 8.12. The molecule has 0 aromatic rings. The van der Waals surface area contributed by atoms with Gasteiger partial charge in [0.25, 0.3) is 0 Å². The number of amides is 2. The molecule has 1 aliphatic rings. The number of nitrogens with one attached hydrogen (secondary N) is 1. The zero-order chi connectivity index (χ0) is 15.1. The van der Waals surface area contributed by atoms with Crippen LogP contribution in [0.15, 0.2) is 0 Å². The number of rotatable bonds is 7. The van der Waals surface area contributed by atoms with Crippen molar-refractivity contribution in [2.24, 2.45) is 11.8 Å². The Morgan fingerprint density at radius 3 is 2.35 bits per heavy atom. The van der Waals surface area contributed by atoms with Gasteiger partial charge in [-0.2, -0.15) is 0 Å². The lowest BCUT2D eigenvalue weighted by Gasteiger charge is -2.31. The molecule has 0 spiro atoms. The molecule has 1 fully saturated rings. The Hall–Kier alpha value is -1.26. The first-order chi connectivity index (χ1) is 9.45. The summed E-state index contributed by atoms with van der Waals surface area (Å²) in [6, 6.07) is 0.215. The van der Waals surface area contributed by atoms with Gasteiger partial charge in [-0.05, 0) is 25.2 Å². The van der Waals surface area contributed by atoms with Crippen LogP contribution in [0, 0.1) is 11.8 Å². The molecule has 0 aromatic carbocycles. The number of carboxylic acid groups (broad SMARTS) is 1. The molecule has 0 radical (unpaired) electrons. The average molecular weight is 284 g/mol. The zero-order valence-electron chi connectivity index (χ0n) is 12.9. The summed E-state index contributed by atoms with van der Waals surface area (Å²) in [6.07, 6.45) is 5.02. The number of aliphatic carboxylic acids is 1. The van der Waals surface area contributed by atoms with Crippen molar-refractivity contribution in [3.63, 3.8) is 0 Å². The van der Waals surface area contributed by atoms with E-state index in [0.717, 1.165) is 19.4 Å². The molecule has 1 saturated carbocycles. The summed E-state index contributed by atoms with van der Waals surface area (Å²) in [6.45, 7) is 6.97. The Bertz CT molecular complexity index is 325. The first-order valence-corrected chi connectivity index (χ1v) is 7.73. The van der Waals surface area contributed by atoms with E-state index in [9.17, 15) is 9.59 Å². The maximum atomic E-state index is 12.3. The number of urea groups is 1. The fraction of sp³-hybridized carbons (Fsp3) is 0.867. The van der Waals surface area contributed by atoms with Gasteiger partial charge < -0.3 is 15.3 Å². The minimum Gasteiger partial charge on any atom is -0.481 e. The van der Waals surface area contributed by atoms with Gasteiger partial charge in [0.05, 0.1) is 5.92 Å². The summed E-state index contributed by atoms with van der Waals surface area (Å²) < 4.78 is 0. The molecular formula is C15H28N2O3. The first kappa shape index (κ1) is 16.8. The van der Waals surface area contributed by atoms with Gasteiger partial charge in [0.1, 0.15) is 0 Å². The van der Waals surface area contributed by atoms with E-state index in [2.05, 4.69) is 19.2 Å². The Morgan fingerprint density at radius 1 is 1.30 bits per heavy atom. The van der Waals surface area contributed by atoms with Crippen molar-refractivity contribution in [2.75, 3.05) is 13.1 Å². The number of nitrogens with zero attached hydrogens (tertiary/aromatic N) is 1. The summed E-state index contributed by atoms with van der Waals surface area (Å²) in [4.78, 5) is 25.2. The lowest BCUT2D eigenvalue weighted by Crippen LogP contribution is -2.48. The molecule has 0 aromatic heterocycles. The molecule has 5 heteroatoms. The van der Waals surface area contributed by atoms with Gasteiger partial charge in [-0.1, -0.05) is 33.6 Å². The van der Waals surface area contributed by atoms with Crippen molar-refractivity contribution in [2.45, 2.75) is 58.9 Å². The van der Waals surface area contributed by atoms with Crippen LogP contribution in [-0.4, -0.2) is 41.1 Å². The Morgan fingerprint density at radius 2 is 1.90 bits per heavy atom. The van der Waals surface area contributed by atoms with Crippen molar-refractivity contribution in [1.82, 2.24) is 10.2 Å². The highest BCUT2D eigenvalue weighted by Crippen LogP contribution is 2.24. The van der Waals surface area contributed by atoms with E-state index >= 15 is 0 Å². The van der Waals surface area contributed by atoms with Crippen LogP contribution in [0.2, 0.25) is 0 Å². The van der Waals surface area contributed by atoms with E-state index < -0.39 is 11.9 Å². The van der Waals surface area contributed by atoms with Crippen LogP contribution in [-0.2, 0) is 4.79 Å². The van der Waals surface area contributed by atoms with E-state index in [4.69, 9.17) is 5.11 Å². The number of carboxylic acids is 1. The number of hydrogen-bond acceptors (Lipinski definition) is 2. The lowest BCUT2D eigenvalue weighted by atomic mass is 10.1. The molecule has 2 amide bonds. The second-order valence-electron chi connectivity index (χ2n) is 6.11. The fourth-order valence-corrected chi connectivity index (χ4v) is 2.73. The Balaban J connectivity index is 2.56. The Labute approximate surface area is 121 Å². The van der Waals surface area contributed by atoms with Crippen LogP contribution < -0.4 is 5.32 Å². The normalized spacial score (nSPS) is 17.2. The van der Waals surface area contributed by atoms with Crippen LogP contribution in [0.1, 0.15) is 52.9 Å². The van der Waals surface area contributed by atoms with Crippen LogP contribution in [0.3, 0.4) is 0 Å². The summed E-state index contributed by atoms with van der Waals surface area (Å²) in [7, 11) is 0. The van der Waals surface area contributed by atoms with Crippen LogP contribution >= 0.6 is 0 Å². The van der Waals surface area contributed by atoms with Crippen molar-refractivity contribution < 1.29 is 14.7 Å². The monoisotopic (exact) mass is 284 g/mol. The third-order valence-corrected chi connectivity index (χ3v) is 3.93. The predicted octanol–water partition coefficient (Wildman–Crippen LogP) is 2.71. The number of hydrogen-bond donors (Lipinski definition) is 2. The van der Waals surface area contributed by atoms with E-state index in [1.54, 1.807) is 0 Å². The van der Waals surface area contributed by atoms with E-state index in [1.807, 2.05) is 11.8 Å². The van der Waals surface area contributed by atoms with Gasteiger partial charge >= 0.3 is 12.0 Å². The Kier molecular flexibility index (Phi) is 6.82. The van der Waals surface area contributed by atoms with Crippen molar-refractivity contribution in [3.05, 3.63) is 0 Å². The number of carbonyl (C=O) groups is 2. The molecule has 116 valence electrons. The SMILES string of the molecule is CCC(CNC(=O)N(CC(C)C)C1CCCC1)C(=O)O. The third-order valence-electron chi connectivity index (χ3n) is 3.93. The maximum Gasteiger partial charge on any atom is 0.317 e. The topological polar surface area (TPSA) is 69.6 Å². The molecule has 2 N–H and O–H groups in total. The molecule has 1 atom stereocenters. The highest BCUT2D eigenvalue weighted by Gasteiger charge is 2.27. The van der Waals surface area contributed by atoms with E-state index in [1.165, 1.54) is 12.8 Å². The average Bonchev–Trinajstić information content (AvgIpc) is 2.89. The molecule has 1 rings (SSSR count). The van der Waals surface area contributed by atoms with Gasteiger partial charge in [0.15, 0.2) is 0 Å². The maximum absolute atomic E-state index is 12.3. The minimum absolute atomic E-state index is 0.106. The van der Waals surface area contributed by atoms with Gasteiger partial charge in [-0.25, -0.2) is 4.79 Å². The minimum atomic E-state index is -0.843. The largest absolute Gasteiger partial charge is 0.481 e. The molecule has 5 nitrogen and oxygen atoms in total. The number of carbonyl (C=O) groups excluding carboxylic acids is 1. The molecule has 1 aliphatic carbocycles. The highest BCUT2D eigenvalue weighted by molar-refractivity contribution is 5.76. The standard InChI is InChI=1S/C15H28N2O3/c1-4-12(14(18)19)9-16-15(20)17(10-11(2)3)13-7-5-6-8-13/h11-13H,4-10H2,1-3H3,(H,16,20)(H,18,19). The summed E-state index contributed by atoms with van der Waals surface area (Å²) in [5.74, 6) is -0.921. The van der Waals surface area contributed by atoms with Crippen LogP contribution in [0.25, 0.3) is 0 Å². The predicted molar refractivity (Wildman–Crippen MR) is 78.6 cm³/mol. The highest BCUT2D eigenvalue weighted by atomic mass is 16.4. The van der Waals surface area contributed by atoms with Crippen LogP contribution in [0.5, 0.6) is 0 Å². The summed E-state index contributed by atoms with van der Waals surface area (Å²) in [5.41, 5.74) is 0. The molecule has 0 saturated heterocycles. The molecule has 0 aliphatic heterocycles. The summed E-state index contributed by atoms with van der Waals surface area (Å²) in [5, 5.41) is 11.8.